The van der Waals surface area contributed by atoms with E-state index in [4.69, 9.17) is 26.9 Å². The third-order valence-electron chi connectivity index (χ3n) is 2.25. The molecule has 0 amide bonds. The number of halogens is 2. The van der Waals surface area contributed by atoms with Gasteiger partial charge in [0.15, 0.2) is 5.75 Å². The smallest absolute Gasteiger partial charge is 0.330 e. The lowest BCUT2D eigenvalue weighted by Crippen LogP contribution is -2.13. The zero-order valence-corrected chi connectivity index (χ0v) is 13.5. The minimum absolute atomic E-state index is 0.0315. The monoisotopic (exact) mass is 373 g/mol. The molecule has 3 N–H and O–H groups in total. The Kier molecular flexibility index (Phi) is 5.54. The zero-order chi connectivity index (χ0) is 15.2. The first-order valence-corrected chi connectivity index (χ1v) is 7.28. The fourth-order valence-electron chi connectivity index (χ4n) is 1.36. The van der Waals surface area contributed by atoms with Gasteiger partial charge in [-0.05, 0) is 24.6 Å². The first-order valence-electron chi connectivity index (χ1n) is 6.10. The van der Waals surface area contributed by atoms with Crippen LogP contribution in [0.3, 0.4) is 0 Å². The molecule has 0 saturated carbocycles. The average Bonchev–Trinajstić information content (AvgIpc) is 2.48. The van der Waals surface area contributed by atoms with E-state index in [9.17, 15) is 0 Å². The topological polar surface area (TPSA) is 95.2 Å². The largest absolute Gasteiger partial charge is 0.463 e. The van der Waals surface area contributed by atoms with Crippen LogP contribution < -0.4 is 20.7 Å². The van der Waals surface area contributed by atoms with E-state index in [-0.39, 0.29) is 18.0 Å². The summed E-state index contributed by atoms with van der Waals surface area (Å²) in [4.78, 5) is 12.0. The Labute approximate surface area is 135 Å². The van der Waals surface area contributed by atoms with Crippen LogP contribution >= 0.6 is 27.5 Å². The molecule has 0 aliphatic heterocycles. The van der Waals surface area contributed by atoms with Gasteiger partial charge in [0, 0.05) is 4.47 Å². The van der Waals surface area contributed by atoms with Crippen molar-refractivity contribution in [3.8, 4) is 17.8 Å². The van der Waals surface area contributed by atoms with Crippen LogP contribution in [0.1, 0.15) is 13.3 Å². The maximum absolute atomic E-state index is 6.05. The molecule has 7 nitrogen and oxygen atoms in total. The Bertz CT molecular complexity index is 629. The highest BCUT2D eigenvalue weighted by atomic mass is 79.9. The third-order valence-corrected chi connectivity index (χ3v) is 3.06. The lowest BCUT2D eigenvalue weighted by atomic mass is 10.3. The van der Waals surface area contributed by atoms with Crippen LogP contribution in [0.4, 0.5) is 5.95 Å². The van der Waals surface area contributed by atoms with Crippen molar-refractivity contribution in [2.75, 3.05) is 12.0 Å². The maximum atomic E-state index is 6.05. The highest BCUT2D eigenvalue weighted by molar-refractivity contribution is 9.10. The molecule has 2 aromatic rings. The normalized spacial score (nSPS) is 10.3. The number of rotatable bonds is 6. The zero-order valence-electron chi connectivity index (χ0n) is 11.1. The number of hydrogen-bond acceptors (Lipinski definition) is 7. The van der Waals surface area contributed by atoms with E-state index in [0.29, 0.717) is 17.4 Å². The number of anilines is 1. The van der Waals surface area contributed by atoms with Crippen LogP contribution in [-0.2, 0) is 0 Å². The van der Waals surface area contributed by atoms with Crippen molar-refractivity contribution in [2.24, 2.45) is 5.84 Å². The van der Waals surface area contributed by atoms with Crippen LogP contribution in [0.25, 0.3) is 0 Å². The lowest BCUT2D eigenvalue weighted by Gasteiger charge is -2.09. The Morgan fingerprint density at radius 3 is 2.76 bits per heavy atom. The number of aromatic nitrogens is 3. The molecule has 0 fully saturated rings. The van der Waals surface area contributed by atoms with E-state index >= 15 is 0 Å². The Morgan fingerprint density at radius 1 is 1.29 bits per heavy atom. The summed E-state index contributed by atoms with van der Waals surface area (Å²) >= 11 is 9.39. The second-order valence-electron chi connectivity index (χ2n) is 3.89. The van der Waals surface area contributed by atoms with Crippen LogP contribution in [0.15, 0.2) is 22.7 Å². The van der Waals surface area contributed by atoms with E-state index in [1.807, 2.05) is 6.92 Å². The Balaban J connectivity index is 2.27. The van der Waals surface area contributed by atoms with E-state index in [1.54, 1.807) is 18.2 Å². The van der Waals surface area contributed by atoms with Crippen LogP contribution in [-0.4, -0.2) is 21.6 Å². The van der Waals surface area contributed by atoms with Crippen molar-refractivity contribution in [3.05, 3.63) is 27.7 Å². The van der Waals surface area contributed by atoms with E-state index in [1.165, 1.54) is 0 Å². The minimum atomic E-state index is 0.0315. The molecule has 1 aromatic heterocycles. The van der Waals surface area contributed by atoms with Gasteiger partial charge in [-0.25, -0.2) is 5.84 Å². The fraction of sp³-hybridized carbons (Fsp3) is 0.250. The molecule has 0 aliphatic carbocycles. The van der Waals surface area contributed by atoms with Crippen molar-refractivity contribution in [1.29, 1.82) is 0 Å². The first-order chi connectivity index (χ1) is 10.1. The summed E-state index contributed by atoms with van der Waals surface area (Å²) in [6.07, 6.45) is 0.824. The summed E-state index contributed by atoms with van der Waals surface area (Å²) in [6, 6.07) is 5.35. The van der Waals surface area contributed by atoms with Crippen molar-refractivity contribution >= 4 is 33.5 Å². The number of nitrogens with two attached hydrogens (primary N) is 1. The number of nitrogens with zero attached hydrogens (tertiary/aromatic N) is 3. The molecule has 0 bridgehead atoms. The summed E-state index contributed by atoms with van der Waals surface area (Å²) in [5.41, 5.74) is 2.33. The maximum Gasteiger partial charge on any atom is 0.330 e. The van der Waals surface area contributed by atoms with Crippen molar-refractivity contribution < 1.29 is 9.47 Å². The number of hydrogen-bond donors (Lipinski definition) is 2. The number of nitrogen functional groups attached to an aromatic ring is 1. The molecule has 112 valence electrons. The molecule has 2 rings (SSSR count). The predicted octanol–water partition coefficient (Wildman–Crippen LogP) is 3.15. The highest BCUT2D eigenvalue weighted by Gasteiger charge is 2.11. The van der Waals surface area contributed by atoms with E-state index in [0.717, 1.165) is 10.9 Å². The van der Waals surface area contributed by atoms with Crippen LogP contribution in [0.5, 0.6) is 17.8 Å². The molecule has 0 radical (unpaired) electrons. The molecular formula is C12H13BrClN5O2. The van der Waals surface area contributed by atoms with Gasteiger partial charge >= 0.3 is 12.0 Å². The standard InChI is InChI=1S/C12H13BrClN5O2/c1-2-5-20-11-16-10(19-15)17-12(18-11)21-9-6-7(13)3-4-8(9)14/h3-4,6H,2,5,15H2,1H3,(H,16,17,18,19). The molecule has 1 aromatic carbocycles. The van der Waals surface area contributed by atoms with Gasteiger partial charge in [-0.15, -0.1) is 4.98 Å². The average molecular weight is 375 g/mol. The molecular weight excluding hydrogens is 362 g/mol. The molecule has 0 atom stereocenters. The summed E-state index contributed by atoms with van der Waals surface area (Å²) in [5.74, 6) is 5.86. The highest BCUT2D eigenvalue weighted by Crippen LogP contribution is 2.31. The number of benzene rings is 1. The van der Waals surface area contributed by atoms with Gasteiger partial charge in [-0.2, -0.15) is 9.97 Å². The van der Waals surface area contributed by atoms with Gasteiger partial charge < -0.3 is 9.47 Å². The summed E-state index contributed by atoms with van der Waals surface area (Å²) in [5, 5.41) is 0.428. The second-order valence-corrected chi connectivity index (χ2v) is 5.22. The van der Waals surface area contributed by atoms with Gasteiger partial charge in [0.25, 0.3) is 0 Å². The van der Waals surface area contributed by atoms with Gasteiger partial charge in [0.2, 0.25) is 5.95 Å². The second kappa shape index (κ2) is 7.39. The molecule has 0 aliphatic rings. The molecule has 21 heavy (non-hydrogen) atoms. The predicted molar refractivity (Wildman–Crippen MR) is 82.6 cm³/mol. The minimum Gasteiger partial charge on any atom is -0.463 e. The van der Waals surface area contributed by atoms with Gasteiger partial charge in [0.05, 0.1) is 11.6 Å². The van der Waals surface area contributed by atoms with Crippen LogP contribution in [0.2, 0.25) is 5.02 Å². The summed E-state index contributed by atoms with van der Waals surface area (Å²) in [7, 11) is 0. The van der Waals surface area contributed by atoms with Crippen molar-refractivity contribution in [2.45, 2.75) is 13.3 Å². The molecule has 0 saturated heterocycles. The van der Waals surface area contributed by atoms with Gasteiger partial charge in [-0.3, -0.25) is 5.43 Å². The van der Waals surface area contributed by atoms with Crippen molar-refractivity contribution in [3.63, 3.8) is 0 Å². The number of nitrogens with one attached hydrogen (secondary N) is 1. The first kappa shape index (κ1) is 15.7. The molecule has 0 unspecified atom stereocenters. The van der Waals surface area contributed by atoms with Crippen molar-refractivity contribution in [1.82, 2.24) is 15.0 Å². The molecule has 0 spiro atoms. The summed E-state index contributed by atoms with van der Waals surface area (Å²) in [6.45, 7) is 2.45. The molecule has 9 heteroatoms. The van der Waals surface area contributed by atoms with Gasteiger partial charge in [-0.1, -0.05) is 34.5 Å². The lowest BCUT2D eigenvalue weighted by molar-refractivity contribution is 0.285. The van der Waals surface area contributed by atoms with E-state index < -0.39 is 0 Å². The quantitative estimate of drug-likeness (QED) is 0.592. The van der Waals surface area contributed by atoms with Crippen LogP contribution in [0, 0.1) is 0 Å². The third kappa shape index (κ3) is 4.42. The fourth-order valence-corrected chi connectivity index (χ4v) is 1.86. The Hall–Kier alpha value is -1.64. The number of ether oxygens (including phenoxy) is 2. The SMILES string of the molecule is CCCOc1nc(NN)nc(Oc2cc(Br)ccc2Cl)n1. The Morgan fingerprint density at radius 2 is 2.05 bits per heavy atom. The number of hydrazine groups is 1. The van der Waals surface area contributed by atoms with Gasteiger partial charge in [0.1, 0.15) is 0 Å². The van der Waals surface area contributed by atoms with E-state index in [2.05, 4.69) is 36.3 Å². The molecule has 1 heterocycles. The summed E-state index contributed by atoms with van der Waals surface area (Å²) < 4.78 is 11.7.